The van der Waals surface area contributed by atoms with Gasteiger partial charge in [0.15, 0.2) is 0 Å². The SMILES string of the molecule is Cc1ccc(-n2cc(N=C=O)c3ccccc3c2=O)cc1. The summed E-state index contributed by atoms with van der Waals surface area (Å²) in [6.45, 7) is 1.98. The van der Waals surface area contributed by atoms with Crippen molar-refractivity contribution in [1.82, 2.24) is 4.57 Å². The first-order chi connectivity index (χ1) is 10.2. The van der Waals surface area contributed by atoms with Crippen LogP contribution >= 0.6 is 0 Å². The molecule has 102 valence electrons. The summed E-state index contributed by atoms with van der Waals surface area (Å²) in [6.07, 6.45) is 3.11. The van der Waals surface area contributed by atoms with E-state index in [1.807, 2.05) is 37.3 Å². The molecule has 21 heavy (non-hydrogen) atoms. The number of aromatic nitrogens is 1. The molecule has 3 aromatic rings. The molecule has 3 rings (SSSR count). The lowest BCUT2D eigenvalue weighted by atomic mass is 10.1. The first-order valence-corrected chi connectivity index (χ1v) is 6.50. The largest absolute Gasteiger partial charge is 0.282 e. The average molecular weight is 276 g/mol. The van der Waals surface area contributed by atoms with Crippen LogP contribution in [0.5, 0.6) is 0 Å². The Kier molecular flexibility index (Phi) is 3.22. The smallest absolute Gasteiger partial charge is 0.263 e. The number of hydrogen-bond donors (Lipinski definition) is 0. The Hall–Kier alpha value is -2.97. The van der Waals surface area contributed by atoms with Gasteiger partial charge >= 0.3 is 0 Å². The van der Waals surface area contributed by atoms with Crippen LogP contribution in [0.15, 0.2) is 64.5 Å². The number of hydrogen-bond acceptors (Lipinski definition) is 3. The molecule has 0 N–H and O–H groups in total. The molecule has 0 saturated heterocycles. The van der Waals surface area contributed by atoms with Crippen LogP contribution in [-0.4, -0.2) is 10.6 Å². The van der Waals surface area contributed by atoms with E-state index in [-0.39, 0.29) is 5.56 Å². The second kappa shape index (κ2) is 5.19. The summed E-state index contributed by atoms with van der Waals surface area (Å²) < 4.78 is 1.50. The number of fused-ring (bicyclic) bond motifs is 1. The van der Waals surface area contributed by atoms with Crippen molar-refractivity contribution in [3.63, 3.8) is 0 Å². The predicted octanol–water partition coefficient (Wildman–Crippen LogP) is 3.27. The van der Waals surface area contributed by atoms with Gasteiger partial charge in [-0.2, -0.15) is 4.99 Å². The lowest BCUT2D eigenvalue weighted by Crippen LogP contribution is -2.17. The Balaban J connectivity index is 2.38. The van der Waals surface area contributed by atoms with Gasteiger partial charge in [-0.15, -0.1) is 0 Å². The van der Waals surface area contributed by atoms with E-state index < -0.39 is 0 Å². The van der Waals surface area contributed by atoms with Gasteiger partial charge in [0.05, 0.1) is 0 Å². The van der Waals surface area contributed by atoms with E-state index in [0.717, 1.165) is 11.3 Å². The lowest BCUT2D eigenvalue weighted by Gasteiger charge is -2.09. The number of aliphatic imine (C=N–C) groups is 1. The molecule has 0 spiro atoms. The van der Waals surface area contributed by atoms with Crippen molar-refractivity contribution in [2.75, 3.05) is 0 Å². The van der Waals surface area contributed by atoms with Crippen LogP contribution < -0.4 is 5.56 Å². The Morgan fingerprint density at radius 3 is 2.33 bits per heavy atom. The highest BCUT2D eigenvalue weighted by molar-refractivity contribution is 5.92. The zero-order valence-corrected chi connectivity index (χ0v) is 11.4. The topological polar surface area (TPSA) is 51.4 Å². The van der Waals surface area contributed by atoms with Gasteiger partial charge in [0.25, 0.3) is 5.56 Å². The maximum Gasteiger partial charge on any atom is 0.263 e. The molecule has 4 nitrogen and oxygen atoms in total. The summed E-state index contributed by atoms with van der Waals surface area (Å²) in [4.78, 5) is 26.9. The number of rotatable bonds is 2. The quantitative estimate of drug-likeness (QED) is 0.533. The van der Waals surface area contributed by atoms with Crippen LogP contribution in [0.1, 0.15) is 5.56 Å². The van der Waals surface area contributed by atoms with Gasteiger partial charge in [-0.1, -0.05) is 35.9 Å². The van der Waals surface area contributed by atoms with Crippen LogP contribution in [0.25, 0.3) is 16.5 Å². The van der Waals surface area contributed by atoms with Gasteiger partial charge < -0.3 is 0 Å². The predicted molar refractivity (Wildman–Crippen MR) is 82.1 cm³/mol. The van der Waals surface area contributed by atoms with E-state index >= 15 is 0 Å². The highest BCUT2D eigenvalue weighted by Crippen LogP contribution is 2.24. The van der Waals surface area contributed by atoms with E-state index in [0.29, 0.717) is 16.5 Å². The molecule has 0 bridgehead atoms. The number of pyridine rings is 1. The van der Waals surface area contributed by atoms with Crippen LogP contribution in [0.4, 0.5) is 5.69 Å². The number of aryl methyl sites for hydroxylation is 1. The normalized spacial score (nSPS) is 10.3. The van der Waals surface area contributed by atoms with Crippen LogP contribution in [0.2, 0.25) is 0 Å². The number of isocyanates is 1. The van der Waals surface area contributed by atoms with E-state index in [2.05, 4.69) is 4.99 Å². The van der Waals surface area contributed by atoms with Gasteiger partial charge in [0.2, 0.25) is 6.08 Å². The highest BCUT2D eigenvalue weighted by atomic mass is 16.1. The van der Waals surface area contributed by atoms with Crippen molar-refractivity contribution >= 4 is 22.5 Å². The zero-order chi connectivity index (χ0) is 14.8. The molecule has 0 fully saturated rings. The van der Waals surface area contributed by atoms with E-state index in [4.69, 9.17) is 0 Å². The molecular weight excluding hydrogens is 264 g/mol. The monoisotopic (exact) mass is 276 g/mol. The Morgan fingerprint density at radius 2 is 1.67 bits per heavy atom. The molecule has 0 amide bonds. The van der Waals surface area contributed by atoms with Crippen molar-refractivity contribution in [1.29, 1.82) is 0 Å². The molecule has 4 heteroatoms. The fourth-order valence-electron chi connectivity index (χ4n) is 2.31. The minimum Gasteiger partial charge on any atom is -0.282 e. The minimum atomic E-state index is -0.140. The van der Waals surface area contributed by atoms with E-state index in [1.165, 1.54) is 4.57 Å². The van der Waals surface area contributed by atoms with Gasteiger partial charge in [0.1, 0.15) is 5.69 Å². The average Bonchev–Trinajstić information content (AvgIpc) is 2.51. The van der Waals surface area contributed by atoms with Crippen molar-refractivity contribution in [2.45, 2.75) is 6.92 Å². The van der Waals surface area contributed by atoms with E-state index in [1.54, 1.807) is 30.5 Å². The summed E-state index contributed by atoms with van der Waals surface area (Å²) in [7, 11) is 0. The molecule has 2 aromatic carbocycles. The molecule has 0 aliphatic carbocycles. The maximum atomic E-state index is 12.6. The molecule has 0 atom stereocenters. The second-order valence-corrected chi connectivity index (χ2v) is 4.77. The van der Waals surface area contributed by atoms with E-state index in [9.17, 15) is 9.59 Å². The second-order valence-electron chi connectivity index (χ2n) is 4.77. The third kappa shape index (κ3) is 2.29. The highest BCUT2D eigenvalue weighted by Gasteiger charge is 2.09. The Bertz CT molecular complexity index is 918. The zero-order valence-electron chi connectivity index (χ0n) is 11.4. The molecule has 0 unspecified atom stereocenters. The summed E-state index contributed by atoms with van der Waals surface area (Å²) in [6, 6.07) is 14.7. The number of carbonyl (C=O) groups excluding carboxylic acids is 1. The molecular formula is C17H12N2O2. The van der Waals surface area contributed by atoms with Crippen LogP contribution in [-0.2, 0) is 4.79 Å². The fraction of sp³-hybridized carbons (Fsp3) is 0.0588. The van der Waals surface area contributed by atoms with Crippen molar-refractivity contribution in [3.05, 3.63) is 70.6 Å². The lowest BCUT2D eigenvalue weighted by molar-refractivity contribution is 0.565. The molecule has 1 heterocycles. The van der Waals surface area contributed by atoms with Gasteiger partial charge in [-0.3, -0.25) is 9.36 Å². The summed E-state index contributed by atoms with van der Waals surface area (Å²) >= 11 is 0. The van der Waals surface area contributed by atoms with Crippen molar-refractivity contribution in [2.24, 2.45) is 4.99 Å². The van der Waals surface area contributed by atoms with Gasteiger partial charge in [-0.25, -0.2) is 4.79 Å². The first-order valence-electron chi connectivity index (χ1n) is 6.50. The molecule has 0 aliphatic heterocycles. The third-order valence-electron chi connectivity index (χ3n) is 3.38. The fourth-order valence-corrected chi connectivity index (χ4v) is 2.31. The first kappa shape index (κ1) is 13.0. The van der Waals surface area contributed by atoms with Gasteiger partial charge in [0, 0.05) is 22.7 Å². The number of nitrogens with zero attached hydrogens (tertiary/aromatic N) is 2. The third-order valence-corrected chi connectivity index (χ3v) is 3.38. The maximum absolute atomic E-state index is 12.6. The summed E-state index contributed by atoms with van der Waals surface area (Å²) in [5.41, 5.74) is 2.14. The van der Waals surface area contributed by atoms with Gasteiger partial charge in [-0.05, 0) is 25.1 Å². The Labute approximate surface area is 121 Å². The summed E-state index contributed by atoms with van der Waals surface area (Å²) in [5, 5.41) is 1.17. The molecule has 0 aliphatic rings. The molecule has 1 aromatic heterocycles. The molecule has 0 radical (unpaired) electrons. The van der Waals surface area contributed by atoms with Crippen LogP contribution in [0, 0.1) is 6.92 Å². The standard InChI is InChI=1S/C17H12N2O2/c1-12-6-8-13(9-7-12)19-10-16(18-11-20)14-4-2-3-5-15(14)17(19)21/h2-10H,1H3. The van der Waals surface area contributed by atoms with Crippen molar-refractivity contribution in [3.8, 4) is 5.69 Å². The minimum absolute atomic E-state index is 0.140. The van der Waals surface area contributed by atoms with Crippen LogP contribution in [0.3, 0.4) is 0 Å². The molecule has 0 saturated carbocycles. The van der Waals surface area contributed by atoms with Crippen molar-refractivity contribution < 1.29 is 4.79 Å². The summed E-state index contributed by atoms with van der Waals surface area (Å²) in [5.74, 6) is 0. The number of benzene rings is 2. The Morgan fingerprint density at radius 1 is 1.00 bits per heavy atom.